The van der Waals surface area contributed by atoms with E-state index in [1.54, 1.807) is 0 Å². The molecule has 1 heterocycles. The van der Waals surface area contributed by atoms with Crippen molar-refractivity contribution in [2.45, 2.75) is 33.4 Å². The van der Waals surface area contributed by atoms with Gasteiger partial charge in [-0.05, 0) is 12.8 Å². The van der Waals surface area contributed by atoms with Crippen LogP contribution in [0.4, 0.5) is 0 Å². The number of imidazole rings is 1. The van der Waals surface area contributed by atoms with Crippen molar-refractivity contribution < 1.29 is 0 Å². The second-order valence-electron chi connectivity index (χ2n) is 4.13. The molecule has 0 bridgehead atoms. The lowest BCUT2D eigenvalue weighted by Crippen LogP contribution is -2.37. The molecule has 0 amide bonds. The van der Waals surface area contributed by atoms with Crippen LogP contribution in [0, 0.1) is 12.8 Å². The van der Waals surface area contributed by atoms with Gasteiger partial charge in [-0.1, -0.05) is 29.8 Å². The number of hydrogen-bond acceptors (Lipinski definition) is 2. The first kappa shape index (κ1) is 12.7. The van der Waals surface area contributed by atoms with Crippen LogP contribution in [0.3, 0.4) is 0 Å². The minimum atomic E-state index is 0.550. The van der Waals surface area contributed by atoms with Crippen molar-refractivity contribution in [3.05, 3.63) is 18.2 Å². The van der Waals surface area contributed by atoms with Crippen LogP contribution in [0.2, 0.25) is 0 Å². The van der Waals surface area contributed by atoms with E-state index in [1.165, 1.54) is 0 Å². The van der Waals surface area contributed by atoms with E-state index in [2.05, 4.69) is 44.6 Å². The van der Waals surface area contributed by atoms with Gasteiger partial charge in [0.25, 0.3) is 0 Å². The molecular formula is C11H20BrN3. The number of nitrogens with one attached hydrogen (secondary N) is 1. The maximum atomic E-state index is 4.20. The van der Waals surface area contributed by atoms with E-state index >= 15 is 0 Å². The molecule has 0 aliphatic rings. The molecule has 15 heavy (non-hydrogen) atoms. The van der Waals surface area contributed by atoms with Crippen LogP contribution in [0.1, 0.15) is 19.7 Å². The largest absolute Gasteiger partial charge is 0.334 e. The van der Waals surface area contributed by atoms with Crippen LogP contribution >= 0.6 is 15.9 Å². The van der Waals surface area contributed by atoms with E-state index in [0.29, 0.717) is 12.0 Å². The first-order valence-electron chi connectivity index (χ1n) is 5.42. The zero-order chi connectivity index (χ0) is 11.3. The lowest BCUT2D eigenvalue weighted by atomic mass is 10.1. The quantitative estimate of drug-likeness (QED) is 0.806. The lowest BCUT2D eigenvalue weighted by Gasteiger charge is -2.20. The van der Waals surface area contributed by atoms with Crippen molar-refractivity contribution in [3.63, 3.8) is 0 Å². The van der Waals surface area contributed by atoms with Gasteiger partial charge >= 0.3 is 0 Å². The molecule has 1 unspecified atom stereocenters. The van der Waals surface area contributed by atoms with Crippen molar-refractivity contribution in [2.24, 2.45) is 5.92 Å². The van der Waals surface area contributed by atoms with E-state index < -0.39 is 0 Å². The summed E-state index contributed by atoms with van der Waals surface area (Å²) in [5.41, 5.74) is 0. The molecule has 0 aromatic carbocycles. The molecule has 1 N–H and O–H groups in total. The Bertz CT molecular complexity index is 283. The average Bonchev–Trinajstić information content (AvgIpc) is 2.58. The Balaban J connectivity index is 2.29. The molecule has 1 aromatic heterocycles. The highest BCUT2D eigenvalue weighted by Crippen LogP contribution is 2.04. The van der Waals surface area contributed by atoms with Gasteiger partial charge in [-0.15, -0.1) is 0 Å². The monoisotopic (exact) mass is 273 g/mol. The smallest absolute Gasteiger partial charge is 0.105 e. The third kappa shape index (κ3) is 3.95. The summed E-state index contributed by atoms with van der Waals surface area (Å²) in [4.78, 5) is 4.20. The second kappa shape index (κ2) is 6.28. The molecule has 1 rings (SSSR count). The molecule has 4 heteroatoms. The molecule has 1 atom stereocenters. The second-order valence-corrected chi connectivity index (χ2v) is 4.77. The first-order chi connectivity index (χ1) is 7.15. The fourth-order valence-electron chi connectivity index (χ4n) is 1.48. The Morgan fingerprint density at radius 1 is 1.53 bits per heavy atom. The SMILES string of the molecule is Cc1nccn1CCNC(CBr)C(C)C. The molecule has 3 nitrogen and oxygen atoms in total. The van der Waals surface area contributed by atoms with Crippen LogP contribution < -0.4 is 5.32 Å². The van der Waals surface area contributed by atoms with Gasteiger partial charge in [0.05, 0.1) is 0 Å². The molecule has 0 saturated carbocycles. The zero-order valence-corrected chi connectivity index (χ0v) is 11.3. The van der Waals surface area contributed by atoms with Gasteiger partial charge < -0.3 is 9.88 Å². The van der Waals surface area contributed by atoms with Crippen molar-refractivity contribution in [3.8, 4) is 0 Å². The molecule has 0 aliphatic carbocycles. The summed E-state index contributed by atoms with van der Waals surface area (Å²) in [6.07, 6.45) is 3.87. The standard InChI is InChI=1S/C11H20BrN3/c1-9(2)11(8-12)14-5-7-15-6-4-13-10(15)3/h4,6,9,11,14H,5,7-8H2,1-3H3. The molecule has 0 saturated heterocycles. The van der Waals surface area contributed by atoms with Crippen molar-refractivity contribution >= 4 is 15.9 Å². The van der Waals surface area contributed by atoms with Crippen molar-refractivity contribution in [2.75, 3.05) is 11.9 Å². The fraction of sp³-hybridized carbons (Fsp3) is 0.727. The van der Waals surface area contributed by atoms with E-state index in [9.17, 15) is 0 Å². The molecule has 0 fully saturated rings. The number of hydrogen-bond donors (Lipinski definition) is 1. The Hall–Kier alpha value is -0.350. The lowest BCUT2D eigenvalue weighted by molar-refractivity contribution is 0.422. The highest BCUT2D eigenvalue weighted by Gasteiger charge is 2.10. The average molecular weight is 274 g/mol. The summed E-state index contributed by atoms with van der Waals surface area (Å²) in [6, 6.07) is 0.550. The Kier molecular flexibility index (Phi) is 5.32. The van der Waals surface area contributed by atoms with Crippen molar-refractivity contribution in [1.29, 1.82) is 0 Å². The normalized spacial score (nSPS) is 13.4. The number of halogens is 1. The molecule has 0 spiro atoms. The molecule has 0 aliphatic heterocycles. The van der Waals surface area contributed by atoms with E-state index in [1.807, 2.05) is 19.3 Å². The Morgan fingerprint density at radius 3 is 2.73 bits per heavy atom. The number of rotatable bonds is 6. The highest BCUT2D eigenvalue weighted by molar-refractivity contribution is 9.09. The van der Waals surface area contributed by atoms with Gasteiger partial charge in [0.15, 0.2) is 0 Å². The minimum Gasteiger partial charge on any atom is -0.334 e. The van der Waals surface area contributed by atoms with Crippen LogP contribution in [0.15, 0.2) is 12.4 Å². The van der Waals surface area contributed by atoms with E-state index in [4.69, 9.17) is 0 Å². The van der Waals surface area contributed by atoms with Gasteiger partial charge in [0.1, 0.15) is 5.82 Å². The van der Waals surface area contributed by atoms with E-state index in [-0.39, 0.29) is 0 Å². The van der Waals surface area contributed by atoms with Crippen LogP contribution in [-0.4, -0.2) is 27.5 Å². The third-order valence-electron chi connectivity index (χ3n) is 2.65. The number of aryl methyl sites for hydroxylation is 1. The number of nitrogens with zero attached hydrogens (tertiary/aromatic N) is 2. The molecular weight excluding hydrogens is 254 g/mol. The van der Waals surface area contributed by atoms with E-state index in [0.717, 1.165) is 24.2 Å². The Labute approximate surface area is 100 Å². The summed E-state index contributed by atoms with van der Waals surface area (Å²) in [5, 5.41) is 4.55. The van der Waals surface area contributed by atoms with Crippen LogP contribution in [0.5, 0.6) is 0 Å². The predicted octanol–water partition coefficient (Wildman–Crippen LogP) is 2.20. The number of alkyl halides is 1. The summed E-state index contributed by atoms with van der Waals surface area (Å²) >= 11 is 3.53. The topological polar surface area (TPSA) is 29.9 Å². The predicted molar refractivity (Wildman–Crippen MR) is 67.4 cm³/mol. The summed E-state index contributed by atoms with van der Waals surface area (Å²) in [7, 11) is 0. The summed E-state index contributed by atoms with van der Waals surface area (Å²) < 4.78 is 2.17. The fourth-order valence-corrected chi connectivity index (χ4v) is 2.46. The van der Waals surface area contributed by atoms with Crippen molar-refractivity contribution in [1.82, 2.24) is 14.9 Å². The highest BCUT2D eigenvalue weighted by atomic mass is 79.9. The minimum absolute atomic E-state index is 0.550. The third-order valence-corrected chi connectivity index (χ3v) is 3.35. The first-order valence-corrected chi connectivity index (χ1v) is 6.54. The van der Waals surface area contributed by atoms with Crippen LogP contribution in [0.25, 0.3) is 0 Å². The van der Waals surface area contributed by atoms with Gasteiger partial charge in [-0.25, -0.2) is 4.98 Å². The summed E-state index contributed by atoms with van der Waals surface area (Å²) in [5.74, 6) is 1.74. The molecule has 86 valence electrons. The van der Waals surface area contributed by atoms with Crippen LogP contribution in [-0.2, 0) is 6.54 Å². The maximum absolute atomic E-state index is 4.20. The maximum Gasteiger partial charge on any atom is 0.105 e. The van der Waals surface area contributed by atoms with Gasteiger partial charge in [0, 0.05) is 36.9 Å². The summed E-state index contributed by atoms with van der Waals surface area (Å²) in [6.45, 7) is 8.49. The van der Waals surface area contributed by atoms with Gasteiger partial charge in [0.2, 0.25) is 0 Å². The number of aromatic nitrogens is 2. The molecule has 1 aromatic rings. The van der Waals surface area contributed by atoms with Gasteiger partial charge in [-0.2, -0.15) is 0 Å². The van der Waals surface area contributed by atoms with Gasteiger partial charge in [-0.3, -0.25) is 0 Å². The zero-order valence-electron chi connectivity index (χ0n) is 9.70. The molecule has 0 radical (unpaired) electrons. The Morgan fingerprint density at radius 2 is 2.27 bits per heavy atom.